The van der Waals surface area contributed by atoms with E-state index in [1.807, 2.05) is 13.0 Å². The molecule has 0 N–H and O–H groups in total. The lowest BCUT2D eigenvalue weighted by molar-refractivity contribution is 0.289. The van der Waals surface area contributed by atoms with Crippen molar-refractivity contribution in [2.45, 2.75) is 90.9 Å². The third kappa shape index (κ3) is 6.95. The summed E-state index contributed by atoms with van der Waals surface area (Å²) in [6.45, 7) is 4.74. The van der Waals surface area contributed by atoms with Crippen LogP contribution < -0.4 is 10.4 Å². The maximum atomic E-state index is 14.7. The van der Waals surface area contributed by atoms with Crippen molar-refractivity contribution in [1.82, 2.24) is 0 Å². The van der Waals surface area contributed by atoms with Crippen LogP contribution in [-0.4, -0.2) is 6.61 Å². The first-order valence-electron chi connectivity index (χ1n) is 12.7. The predicted octanol–water partition coefficient (Wildman–Crippen LogP) is 8.29. The summed E-state index contributed by atoms with van der Waals surface area (Å²) < 4.78 is 25.6. The molecule has 0 saturated heterocycles. The summed E-state index contributed by atoms with van der Waals surface area (Å²) in [5, 5.41) is 0.517. The van der Waals surface area contributed by atoms with Gasteiger partial charge in [0.15, 0.2) is 11.6 Å². The minimum Gasteiger partial charge on any atom is -0.490 e. The molecule has 1 aliphatic carbocycles. The van der Waals surface area contributed by atoms with Crippen molar-refractivity contribution in [2.24, 2.45) is 11.8 Å². The molecular weight excluding hydrogens is 403 g/mol. The number of unbranched alkanes of at least 4 members (excludes halogenated alkanes) is 5. The van der Waals surface area contributed by atoms with Crippen molar-refractivity contribution in [3.05, 3.63) is 46.3 Å². The highest BCUT2D eigenvalue weighted by atomic mass is 19.1. The Kier molecular flexibility index (Phi) is 9.83. The molecular formula is C28H39FO3. The SMILES string of the molecule is CCCCCCCC1CCC(/C=C/c2cc3ccc(OCCCC)c(F)c3c(=O)o2)CC1. The number of halogens is 1. The van der Waals surface area contributed by atoms with Crippen molar-refractivity contribution in [3.63, 3.8) is 0 Å². The molecule has 176 valence electrons. The molecule has 0 aliphatic heterocycles. The Balaban J connectivity index is 1.56. The maximum absolute atomic E-state index is 14.7. The molecule has 0 amide bonds. The van der Waals surface area contributed by atoms with Crippen LogP contribution in [0.3, 0.4) is 0 Å². The minimum absolute atomic E-state index is 0.0319. The second-order valence-corrected chi connectivity index (χ2v) is 9.32. The van der Waals surface area contributed by atoms with Crippen LogP contribution in [0.1, 0.15) is 96.7 Å². The normalized spacial score (nSPS) is 19.1. The fraction of sp³-hybridized carbons (Fsp3) is 0.607. The molecule has 1 aromatic carbocycles. The second kappa shape index (κ2) is 12.8. The van der Waals surface area contributed by atoms with Crippen molar-refractivity contribution in [3.8, 4) is 5.75 Å². The fourth-order valence-electron chi connectivity index (χ4n) is 4.70. The Morgan fingerprint density at radius 2 is 1.78 bits per heavy atom. The Hall–Kier alpha value is -2.10. The summed E-state index contributed by atoms with van der Waals surface area (Å²) in [4.78, 5) is 12.5. The molecule has 0 unspecified atom stereocenters. The molecule has 1 aliphatic rings. The lowest BCUT2D eigenvalue weighted by Gasteiger charge is -2.26. The summed E-state index contributed by atoms with van der Waals surface area (Å²) in [6, 6.07) is 5.08. The van der Waals surface area contributed by atoms with E-state index in [0.717, 1.165) is 18.8 Å². The minimum atomic E-state index is -0.646. The van der Waals surface area contributed by atoms with E-state index in [9.17, 15) is 9.18 Å². The number of rotatable bonds is 12. The summed E-state index contributed by atoms with van der Waals surface area (Å²) in [6.07, 6.45) is 19.0. The molecule has 3 rings (SSSR count). The third-order valence-electron chi connectivity index (χ3n) is 6.75. The van der Waals surface area contributed by atoms with Gasteiger partial charge in [-0.25, -0.2) is 9.18 Å². The molecule has 2 aromatic rings. The van der Waals surface area contributed by atoms with E-state index in [-0.39, 0.29) is 11.1 Å². The molecule has 3 nitrogen and oxygen atoms in total. The summed E-state index contributed by atoms with van der Waals surface area (Å²) >= 11 is 0. The van der Waals surface area contributed by atoms with Gasteiger partial charge in [0.2, 0.25) is 0 Å². The average Bonchev–Trinajstić information content (AvgIpc) is 2.80. The number of fused-ring (bicyclic) bond motifs is 1. The van der Waals surface area contributed by atoms with Crippen LogP contribution in [0.15, 0.2) is 33.5 Å². The van der Waals surface area contributed by atoms with E-state index in [1.54, 1.807) is 18.2 Å². The highest BCUT2D eigenvalue weighted by Gasteiger charge is 2.19. The van der Waals surface area contributed by atoms with E-state index in [4.69, 9.17) is 9.15 Å². The molecule has 0 atom stereocenters. The van der Waals surface area contributed by atoms with Gasteiger partial charge < -0.3 is 9.15 Å². The Morgan fingerprint density at radius 1 is 1.03 bits per heavy atom. The van der Waals surface area contributed by atoms with Crippen molar-refractivity contribution in [2.75, 3.05) is 6.61 Å². The molecule has 0 radical (unpaired) electrons. The van der Waals surface area contributed by atoms with E-state index >= 15 is 0 Å². The first-order chi connectivity index (χ1) is 15.6. The lowest BCUT2D eigenvalue weighted by Crippen LogP contribution is -2.13. The average molecular weight is 443 g/mol. The standard InChI is InChI=1S/C28H39FO3/c1-3-5-7-8-9-10-21-11-13-22(14-12-21)15-17-24-20-23-16-18-25(31-19-6-4-2)27(29)26(23)28(30)32-24/h15-18,20-22H,3-14,19H2,1-2H3/b17-15+. The monoisotopic (exact) mass is 442 g/mol. The first kappa shape index (κ1) is 24.5. The molecule has 4 heteroatoms. The third-order valence-corrected chi connectivity index (χ3v) is 6.75. The Morgan fingerprint density at radius 3 is 2.53 bits per heavy atom. The van der Waals surface area contributed by atoms with Crippen LogP contribution in [-0.2, 0) is 0 Å². The van der Waals surface area contributed by atoms with Gasteiger partial charge in [-0.2, -0.15) is 0 Å². The van der Waals surface area contributed by atoms with Gasteiger partial charge in [-0.05, 0) is 67.5 Å². The fourth-order valence-corrected chi connectivity index (χ4v) is 4.70. The van der Waals surface area contributed by atoms with E-state index in [1.165, 1.54) is 64.2 Å². The zero-order valence-corrected chi connectivity index (χ0v) is 19.8. The van der Waals surface area contributed by atoms with Crippen LogP contribution >= 0.6 is 0 Å². The van der Waals surface area contributed by atoms with Gasteiger partial charge in [0.05, 0.1) is 6.61 Å². The predicted molar refractivity (Wildman–Crippen MR) is 131 cm³/mol. The van der Waals surface area contributed by atoms with Gasteiger partial charge in [0.1, 0.15) is 11.1 Å². The molecule has 1 aromatic heterocycles. The number of benzene rings is 1. The van der Waals surface area contributed by atoms with Crippen molar-refractivity contribution < 1.29 is 13.5 Å². The van der Waals surface area contributed by atoms with Gasteiger partial charge in [0.25, 0.3) is 0 Å². The van der Waals surface area contributed by atoms with E-state index < -0.39 is 11.4 Å². The van der Waals surface area contributed by atoms with Gasteiger partial charge in [-0.1, -0.05) is 70.9 Å². The zero-order chi connectivity index (χ0) is 22.8. The molecule has 1 saturated carbocycles. The molecule has 0 spiro atoms. The van der Waals surface area contributed by atoms with Crippen LogP contribution in [0.4, 0.5) is 4.39 Å². The number of allylic oxidation sites excluding steroid dienone is 1. The van der Waals surface area contributed by atoms with Crippen LogP contribution in [0.2, 0.25) is 0 Å². The molecule has 32 heavy (non-hydrogen) atoms. The van der Waals surface area contributed by atoms with Crippen LogP contribution in [0.25, 0.3) is 16.8 Å². The smallest absolute Gasteiger partial charge is 0.347 e. The Labute approximate surface area is 192 Å². The van der Waals surface area contributed by atoms with E-state index in [2.05, 4.69) is 13.0 Å². The summed E-state index contributed by atoms with van der Waals surface area (Å²) in [5.41, 5.74) is -0.646. The highest BCUT2D eigenvalue weighted by Crippen LogP contribution is 2.33. The lowest BCUT2D eigenvalue weighted by atomic mass is 9.79. The summed E-state index contributed by atoms with van der Waals surface area (Å²) in [5.74, 6) is 1.37. The maximum Gasteiger partial charge on any atom is 0.347 e. The zero-order valence-electron chi connectivity index (χ0n) is 19.8. The van der Waals surface area contributed by atoms with Crippen LogP contribution in [0, 0.1) is 17.7 Å². The van der Waals surface area contributed by atoms with E-state index in [0.29, 0.717) is 23.7 Å². The highest BCUT2D eigenvalue weighted by molar-refractivity contribution is 5.84. The number of hydrogen-bond donors (Lipinski definition) is 0. The molecule has 0 bridgehead atoms. The quantitative estimate of drug-likeness (QED) is 0.310. The van der Waals surface area contributed by atoms with Crippen molar-refractivity contribution >= 4 is 16.8 Å². The van der Waals surface area contributed by atoms with Gasteiger partial charge >= 0.3 is 5.63 Å². The van der Waals surface area contributed by atoms with Crippen LogP contribution in [0.5, 0.6) is 5.75 Å². The summed E-state index contributed by atoms with van der Waals surface area (Å²) in [7, 11) is 0. The van der Waals surface area contributed by atoms with Gasteiger partial charge in [0, 0.05) is 0 Å². The second-order valence-electron chi connectivity index (χ2n) is 9.32. The Bertz CT molecular complexity index is 922. The topological polar surface area (TPSA) is 39.4 Å². The number of ether oxygens (including phenoxy) is 1. The van der Waals surface area contributed by atoms with Gasteiger partial charge in [-0.3, -0.25) is 0 Å². The van der Waals surface area contributed by atoms with Gasteiger partial charge in [-0.15, -0.1) is 0 Å². The number of hydrogen-bond acceptors (Lipinski definition) is 3. The largest absolute Gasteiger partial charge is 0.490 e. The van der Waals surface area contributed by atoms with Crippen molar-refractivity contribution in [1.29, 1.82) is 0 Å². The molecule has 1 fully saturated rings. The first-order valence-corrected chi connectivity index (χ1v) is 12.7. The molecule has 1 heterocycles.